The van der Waals surface area contributed by atoms with Gasteiger partial charge in [0.25, 0.3) is 11.8 Å². The molecule has 0 aliphatic carbocycles. The number of ether oxygens (including phenoxy) is 1. The number of fused-ring (bicyclic) bond motifs is 1. The third-order valence-electron chi connectivity index (χ3n) is 5.83. The van der Waals surface area contributed by atoms with E-state index in [0.717, 1.165) is 23.9 Å². The number of likely N-dealkylation sites (N-methyl/N-ethyl adjacent to an activating group) is 1. The van der Waals surface area contributed by atoms with Gasteiger partial charge in [-0.1, -0.05) is 48.5 Å². The zero-order chi connectivity index (χ0) is 25.3. The van der Waals surface area contributed by atoms with Crippen LogP contribution in [-0.4, -0.2) is 48.7 Å². The van der Waals surface area contributed by atoms with Crippen molar-refractivity contribution in [3.63, 3.8) is 0 Å². The van der Waals surface area contributed by atoms with Crippen molar-refractivity contribution in [2.24, 2.45) is 0 Å². The topological polar surface area (TPSA) is 104 Å². The largest absolute Gasteiger partial charge is 0.492 e. The van der Waals surface area contributed by atoms with E-state index >= 15 is 0 Å². The number of nitrogens with zero attached hydrogens (tertiary/aromatic N) is 1. The Morgan fingerprint density at radius 3 is 2.42 bits per heavy atom. The highest BCUT2D eigenvalue weighted by atomic mass is 16.5. The molecule has 0 atom stereocenters. The summed E-state index contributed by atoms with van der Waals surface area (Å²) in [5.41, 5.74) is 4.70. The molecular formula is C28H29N3O5. The number of amides is 2. The fraction of sp³-hybridized carbons (Fsp3) is 0.214. The third-order valence-corrected chi connectivity index (χ3v) is 5.83. The van der Waals surface area contributed by atoms with Crippen molar-refractivity contribution in [1.29, 1.82) is 0 Å². The minimum Gasteiger partial charge on any atom is -0.492 e. The van der Waals surface area contributed by atoms with Crippen LogP contribution in [0.4, 0.5) is 0 Å². The maximum absolute atomic E-state index is 13.0. The number of furan rings is 1. The number of benzene rings is 3. The summed E-state index contributed by atoms with van der Waals surface area (Å²) >= 11 is 0. The number of carbonyl (C=O) groups excluding carboxylic acids is 2. The first-order valence-corrected chi connectivity index (χ1v) is 11.7. The van der Waals surface area contributed by atoms with Gasteiger partial charge in [-0.3, -0.25) is 14.8 Å². The monoisotopic (exact) mass is 487 g/mol. The van der Waals surface area contributed by atoms with E-state index in [1.54, 1.807) is 17.6 Å². The molecule has 0 radical (unpaired) electrons. The van der Waals surface area contributed by atoms with Gasteiger partial charge in [-0.25, -0.2) is 5.48 Å². The molecule has 186 valence electrons. The third kappa shape index (κ3) is 6.29. The van der Waals surface area contributed by atoms with Crippen LogP contribution in [0.3, 0.4) is 0 Å². The summed E-state index contributed by atoms with van der Waals surface area (Å²) in [6.07, 6.45) is 0.914. The normalized spacial score (nSPS) is 11.0. The Hall–Kier alpha value is -4.14. The highest BCUT2D eigenvalue weighted by Gasteiger charge is 2.21. The molecule has 36 heavy (non-hydrogen) atoms. The van der Waals surface area contributed by atoms with Gasteiger partial charge in [0.15, 0.2) is 5.76 Å². The van der Waals surface area contributed by atoms with Crippen molar-refractivity contribution in [1.82, 2.24) is 15.7 Å². The van der Waals surface area contributed by atoms with Gasteiger partial charge in [-0.2, -0.15) is 0 Å². The fourth-order valence-corrected chi connectivity index (χ4v) is 3.93. The van der Waals surface area contributed by atoms with Gasteiger partial charge in [0.05, 0.1) is 6.54 Å². The average Bonchev–Trinajstić information content (AvgIpc) is 3.28. The van der Waals surface area contributed by atoms with Crippen LogP contribution in [0.2, 0.25) is 0 Å². The molecule has 0 unspecified atom stereocenters. The molecule has 1 heterocycles. The Kier molecular flexibility index (Phi) is 8.33. The summed E-state index contributed by atoms with van der Waals surface area (Å²) in [6, 6.07) is 24.3. The quantitative estimate of drug-likeness (QED) is 0.168. The number of carbonyl (C=O) groups is 2. The summed E-state index contributed by atoms with van der Waals surface area (Å²) in [5, 5.41) is 12.5. The van der Waals surface area contributed by atoms with Crippen LogP contribution in [0.5, 0.6) is 5.75 Å². The van der Waals surface area contributed by atoms with Crippen LogP contribution in [0.1, 0.15) is 32.0 Å². The minimum atomic E-state index is -0.596. The van der Waals surface area contributed by atoms with Gasteiger partial charge in [0.2, 0.25) is 0 Å². The molecule has 4 rings (SSSR count). The van der Waals surface area contributed by atoms with E-state index in [1.165, 1.54) is 17.7 Å². The Balaban J connectivity index is 1.36. The molecule has 0 saturated heterocycles. The smallest absolute Gasteiger partial charge is 0.287 e. The molecule has 0 aliphatic rings. The molecule has 2 amide bonds. The second-order valence-electron chi connectivity index (χ2n) is 8.45. The lowest BCUT2D eigenvalue weighted by Crippen LogP contribution is -2.29. The van der Waals surface area contributed by atoms with E-state index < -0.39 is 5.91 Å². The van der Waals surface area contributed by atoms with Crippen molar-refractivity contribution >= 4 is 22.8 Å². The molecule has 0 aliphatic heterocycles. The lowest BCUT2D eigenvalue weighted by atomic mass is 10.1. The highest BCUT2D eigenvalue weighted by molar-refractivity contribution is 5.99. The molecule has 0 spiro atoms. The van der Waals surface area contributed by atoms with Gasteiger partial charge < -0.3 is 19.4 Å². The lowest BCUT2D eigenvalue weighted by Gasteiger charge is -2.17. The van der Waals surface area contributed by atoms with E-state index in [4.69, 9.17) is 14.4 Å². The predicted molar refractivity (Wildman–Crippen MR) is 136 cm³/mol. The molecule has 8 nitrogen and oxygen atoms in total. The summed E-state index contributed by atoms with van der Waals surface area (Å²) in [5.74, 6) is -0.0391. The van der Waals surface area contributed by atoms with Gasteiger partial charge in [0, 0.05) is 29.6 Å². The van der Waals surface area contributed by atoms with Gasteiger partial charge in [-0.15, -0.1) is 0 Å². The summed E-state index contributed by atoms with van der Waals surface area (Å²) in [7, 11) is 2.04. The molecule has 3 aromatic carbocycles. The number of para-hydroxylation sites is 1. The standard InChI is InChI=1S/C28H29N3O5/c1-31(17-15-20-7-3-2-4-8-20)19-24-23-9-5-6-10-25(23)36-26(24)28(33)29-16-18-35-22-13-11-21(12-14-22)27(32)30-34/h2-14,34H,15-19H2,1H3,(H,29,33)(H,30,32). The molecule has 1 aromatic heterocycles. The molecule has 3 N–H and O–H groups in total. The van der Waals surface area contributed by atoms with E-state index in [-0.39, 0.29) is 19.1 Å². The fourth-order valence-electron chi connectivity index (χ4n) is 3.93. The summed E-state index contributed by atoms with van der Waals surface area (Å²) < 4.78 is 11.6. The highest BCUT2D eigenvalue weighted by Crippen LogP contribution is 2.27. The molecule has 0 saturated carbocycles. The van der Waals surface area contributed by atoms with E-state index in [9.17, 15) is 9.59 Å². The second-order valence-corrected chi connectivity index (χ2v) is 8.45. The van der Waals surface area contributed by atoms with Crippen LogP contribution in [0.15, 0.2) is 83.3 Å². The first-order chi connectivity index (χ1) is 17.5. The minimum absolute atomic E-state index is 0.240. The van der Waals surface area contributed by atoms with Crippen molar-refractivity contribution in [2.75, 3.05) is 26.7 Å². The summed E-state index contributed by atoms with van der Waals surface area (Å²) in [6.45, 7) is 1.94. The van der Waals surface area contributed by atoms with Gasteiger partial charge >= 0.3 is 0 Å². The second kappa shape index (κ2) is 12.0. The van der Waals surface area contributed by atoms with Crippen LogP contribution < -0.4 is 15.5 Å². The first-order valence-electron chi connectivity index (χ1n) is 11.7. The van der Waals surface area contributed by atoms with E-state index in [1.807, 2.05) is 49.5 Å². The van der Waals surface area contributed by atoms with Crippen LogP contribution in [0, 0.1) is 0 Å². The predicted octanol–water partition coefficient (Wildman–Crippen LogP) is 4.04. The van der Waals surface area contributed by atoms with Crippen molar-refractivity contribution < 1.29 is 24.0 Å². The van der Waals surface area contributed by atoms with Crippen LogP contribution in [-0.2, 0) is 13.0 Å². The number of hydrogen-bond acceptors (Lipinski definition) is 6. The van der Waals surface area contributed by atoms with Crippen molar-refractivity contribution in [2.45, 2.75) is 13.0 Å². The van der Waals surface area contributed by atoms with Crippen LogP contribution >= 0.6 is 0 Å². The molecule has 4 aromatic rings. The van der Waals surface area contributed by atoms with Crippen molar-refractivity contribution in [3.8, 4) is 5.75 Å². The Morgan fingerprint density at radius 1 is 0.944 bits per heavy atom. The lowest BCUT2D eigenvalue weighted by molar-refractivity contribution is 0.0706. The van der Waals surface area contributed by atoms with Crippen molar-refractivity contribution in [3.05, 3.63) is 101 Å². The van der Waals surface area contributed by atoms with E-state index in [0.29, 0.717) is 29.2 Å². The Labute approximate surface area is 209 Å². The number of hydrogen-bond donors (Lipinski definition) is 3. The molecule has 8 heteroatoms. The average molecular weight is 488 g/mol. The number of nitrogens with one attached hydrogen (secondary N) is 2. The number of hydroxylamine groups is 1. The Bertz CT molecular complexity index is 1300. The molecule has 0 bridgehead atoms. The van der Waals surface area contributed by atoms with Gasteiger partial charge in [0.1, 0.15) is 17.9 Å². The zero-order valence-electron chi connectivity index (χ0n) is 20.1. The SMILES string of the molecule is CN(CCc1ccccc1)Cc1c(C(=O)NCCOc2ccc(C(=O)NO)cc2)oc2ccccc12. The maximum Gasteiger partial charge on any atom is 0.287 e. The zero-order valence-corrected chi connectivity index (χ0v) is 20.1. The molecule has 0 fully saturated rings. The Morgan fingerprint density at radius 2 is 1.67 bits per heavy atom. The molecular weight excluding hydrogens is 458 g/mol. The van der Waals surface area contributed by atoms with Gasteiger partial charge in [-0.05, 0) is 49.4 Å². The first kappa shape index (κ1) is 25.0. The summed E-state index contributed by atoms with van der Waals surface area (Å²) in [4.78, 5) is 26.6. The number of rotatable bonds is 11. The maximum atomic E-state index is 13.0. The van der Waals surface area contributed by atoms with Crippen LogP contribution in [0.25, 0.3) is 11.0 Å². The van der Waals surface area contributed by atoms with E-state index in [2.05, 4.69) is 22.3 Å².